The Morgan fingerprint density at radius 1 is 0.812 bits per heavy atom. The number of hydrogen-bond donors (Lipinski definition) is 0. The normalized spacial score (nSPS) is 16.1. The molecular weight excluding hydrogens is 192 g/mol. The van der Waals surface area contributed by atoms with Gasteiger partial charge in [0.05, 0.1) is 0 Å². The van der Waals surface area contributed by atoms with Crippen LogP contribution in [0.4, 0.5) is 0 Å². The van der Waals surface area contributed by atoms with E-state index in [1.807, 2.05) is 0 Å². The van der Waals surface area contributed by atoms with Crippen molar-refractivity contribution in [2.24, 2.45) is 17.3 Å². The molecule has 0 aliphatic rings. The van der Waals surface area contributed by atoms with E-state index in [-0.39, 0.29) is 0 Å². The summed E-state index contributed by atoms with van der Waals surface area (Å²) in [6.45, 7) is 14.3. The van der Waals surface area contributed by atoms with Crippen LogP contribution < -0.4 is 0 Å². The van der Waals surface area contributed by atoms with Crippen molar-refractivity contribution >= 4 is 0 Å². The fourth-order valence-electron chi connectivity index (χ4n) is 3.02. The zero-order valence-electron chi connectivity index (χ0n) is 12.6. The zero-order chi connectivity index (χ0) is 12.6. The second kappa shape index (κ2) is 8.14. The highest BCUT2D eigenvalue weighted by Gasteiger charge is 2.28. The van der Waals surface area contributed by atoms with Crippen LogP contribution in [0.25, 0.3) is 0 Å². The maximum atomic E-state index is 2.46. The Balaban J connectivity index is 4.11. The molecular formula is C16H34. The molecule has 0 aromatic carbocycles. The maximum absolute atomic E-state index is 2.46. The highest BCUT2D eigenvalue weighted by atomic mass is 14.3. The number of rotatable bonds is 8. The summed E-state index contributed by atoms with van der Waals surface area (Å²) in [5.41, 5.74) is 0.487. The third-order valence-electron chi connectivity index (χ3n) is 3.91. The summed E-state index contributed by atoms with van der Waals surface area (Å²) in [7, 11) is 0. The summed E-state index contributed by atoms with van der Waals surface area (Å²) in [5.74, 6) is 1.80. The smallest absolute Gasteiger partial charge is 0.0340 e. The summed E-state index contributed by atoms with van der Waals surface area (Å²) in [4.78, 5) is 0. The lowest BCUT2D eigenvalue weighted by molar-refractivity contribution is 0.144. The fourth-order valence-corrected chi connectivity index (χ4v) is 3.02. The lowest BCUT2D eigenvalue weighted by atomic mass is 9.70. The van der Waals surface area contributed by atoms with E-state index in [1.165, 1.54) is 44.9 Å². The highest BCUT2D eigenvalue weighted by molar-refractivity contribution is 4.78. The molecule has 0 aliphatic heterocycles. The lowest BCUT2D eigenvalue weighted by Gasteiger charge is -2.36. The molecule has 0 rings (SSSR count). The van der Waals surface area contributed by atoms with E-state index in [4.69, 9.17) is 0 Å². The Morgan fingerprint density at radius 3 is 1.88 bits per heavy atom. The van der Waals surface area contributed by atoms with Crippen LogP contribution in [-0.4, -0.2) is 0 Å². The monoisotopic (exact) mass is 226 g/mol. The maximum Gasteiger partial charge on any atom is -0.0340 e. The van der Waals surface area contributed by atoms with Crippen molar-refractivity contribution < 1.29 is 0 Å². The molecule has 0 aliphatic carbocycles. The first kappa shape index (κ1) is 16.0. The second-order valence-electron chi connectivity index (χ2n) is 6.59. The van der Waals surface area contributed by atoms with Gasteiger partial charge in [0, 0.05) is 0 Å². The molecule has 0 heteroatoms. The predicted octanol–water partition coefficient (Wildman–Crippen LogP) is 6.06. The van der Waals surface area contributed by atoms with E-state index >= 15 is 0 Å². The molecule has 0 nitrogen and oxygen atoms in total. The van der Waals surface area contributed by atoms with Crippen LogP contribution >= 0.6 is 0 Å². The van der Waals surface area contributed by atoms with E-state index in [0.29, 0.717) is 5.41 Å². The average molecular weight is 226 g/mol. The third kappa shape index (κ3) is 6.55. The average Bonchev–Trinajstić information content (AvgIpc) is 2.16. The molecule has 0 fully saturated rings. The van der Waals surface area contributed by atoms with E-state index in [0.717, 1.165) is 11.8 Å². The van der Waals surface area contributed by atoms with Gasteiger partial charge in [0.1, 0.15) is 0 Å². The van der Waals surface area contributed by atoms with Gasteiger partial charge in [-0.25, -0.2) is 0 Å². The van der Waals surface area contributed by atoms with Crippen molar-refractivity contribution in [1.82, 2.24) is 0 Å². The Bertz CT molecular complexity index is 152. The molecule has 0 bridgehead atoms. The van der Waals surface area contributed by atoms with E-state index < -0.39 is 0 Å². The van der Waals surface area contributed by atoms with Gasteiger partial charge in [0.15, 0.2) is 0 Å². The topological polar surface area (TPSA) is 0 Å². The SMILES string of the molecule is CCCCCCC(C(C)CCC)C(C)(C)C. The summed E-state index contributed by atoms with van der Waals surface area (Å²) in [6.07, 6.45) is 9.80. The molecule has 0 N–H and O–H groups in total. The van der Waals surface area contributed by atoms with Gasteiger partial charge in [-0.15, -0.1) is 0 Å². The number of unbranched alkanes of at least 4 members (excludes halogenated alkanes) is 3. The Labute approximate surface area is 104 Å². The van der Waals surface area contributed by atoms with Crippen molar-refractivity contribution in [3.63, 3.8) is 0 Å². The lowest BCUT2D eigenvalue weighted by Crippen LogP contribution is -2.26. The zero-order valence-corrected chi connectivity index (χ0v) is 12.6. The molecule has 0 spiro atoms. The number of hydrogen-bond acceptors (Lipinski definition) is 0. The van der Waals surface area contributed by atoms with Crippen LogP contribution in [0.15, 0.2) is 0 Å². The van der Waals surface area contributed by atoms with Gasteiger partial charge in [-0.05, 0) is 23.7 Å². The van der Waals surface area contributed by atoms with Gasteiger partial charge in [-0.3, -0.25) is 0 Å². The molecule has 0 radical (unpaired) electrons. The minimum atomic E-state index is 0.487. The van der Waals surface area contributed by atoms with Gasteiger partial charge in [0.25, 0.3) is 0 Å². The van der Waals surface area contributed by atoms with Crippen LogP contribution in [0, 0.1) is 17.3 Å². The molecule has 2 unspecified atom stereocenters. The van der Waals surface area contributed by atoms with Crippen molar-refractivity contribution in [3.8, 4) is 0 Å². The molecule has 0 aromatic rings. The first-order chi connectivity index (χ1) is 7.43. The minimum Gasteiger partial charge on any atom is -0.0654 e. The van der Waals surface area contributed by atoms with Crippen LogP contribution in [0.5, 0.6) is 0 Å². The molecule has 0 amide bonds. The Kier molecular flexibility index (Phi) is 8.14. The van der Waals surface area contributed by atoms with Gasteiger partial charge in [-0.1, -0.05) is 80.1 Å². The third-order valence-corrected chi connectivity index (χ3v) is 3.91. The second-order valence-corrected chi connectivity index (χ2v) is 6.59. The molecule has 0 aromatic heterocycles. The van der Waals surface area contributed by atoms with Crippen molar-refractivity contribution in [1.29, 1.82) is 0 Å². The van der Waals surface area contributed by atoms with Crippen LogP contribution in [0.2, 0.25) is 0 Å². The first-order valence-corrected chi connectivity index (χ1v) is 7.43. The molecule has 0 saturated heterocycles. The van der Waals surface area contributed by atoms with Gasteiger partial charge in [-0.2, -0.15) is 0 Å². The van der Waals surface area contributed by atoms with E-state index in [2.05, 4.69) is 41.5 Å². The largest absolute Gasteiger partial charge is 0.0654 e. The molecule has 16 heavy (non-hydrogen) atoms. The van der Waals surface area contributed by atoms with E-state index in [1.54, 1.807) is 0 Å². The van der Waals surface area contributed by atoms with Crippen LogP contribution in [0.1, 0.15) is 86.5 Å². The van der Waals surface area contributed by atoms with Crippen molar-refractivity contribution in [2.45, 2.75) is 86.5 Å². The molecule has 98 valence electrons. The van der Waals surface area contributed by atoms with Gasteiger partial charge < -0.3 is 0 Å². The van der Waals surface area contributed by atoms with Crippen LogP contribution in [-0.2, 0) is 0 Å². The molecule has 0 saturated carbocycles. The minimum absolute atomic E-state index is 0.487. The van der Waals surface area contributed by atoms with Crippen molar-refractivity contribution in [2.75, 3.05) is 0 Å². The van der Waals surface area contributed by atoms with Crippen LogP contribution in [0.3, 0.4) is 0 Å². The van der Waals surface area contributed by atoms with Gasteiger partial charge >= 0.3 is 0 Å². The standard InChI is InChI=1S/C16H34/c1-7-9-10-11-13-15(16(4,5)6)14(3)12-8-2/h14-15H,7-13H2,1-6H3. The highest BCUT2D eigenvalue weighted by Crippen LogP contribution is 2.38. The fraction of sp³-hybridized carbons (Fsp3) is 1.00. The van der Waals surface area contributed by atoms with E-state index in [9.17, 15) is 0 Å². The Morgan fingerprint density at radius 2 is 1.44 bits per heavy atom. The van der Waals surface area contributed by atoms with Gasteiger partial charge in [0.2, 0.25) is 0 Å². The van der Waals surface area contributed by atoms with Crippen molar-refractivity contribution in [3.05, 3.63) is 0 Å². The summed E-state index contributed by atoms with van der Waals surface area (Å²) >= 11 is 0. The first-order valence-electron chi connectivity index (χ1n) is 7.43. The molecule has 0 heterocycles. The predicted molar refractivity (Wildman–Crippen MR) is 75.8 cm³/mol. The summed E-state index contributed by atoms with van der Waals surface area (Å²) in [5, 5.41) is 0. The quantitative estimate of drug-likeness (QED) is 0.442. The molecule has 2 atom stereocenters. The summed E-state index contributed by atoms with van der Waals surface area (Å²) < 4.78 is 0. The Hall–Kier alpha value is 0. The summed E-state index contributed by atoms with van der Waals surface area (Å²) in [6, 6.07) is 0.